The van der Waals surface area contributed by atoms with Gasteiger partial charge in [-0.25, -0.2) is 4.98 Å². The number of hydrogen-bond acceptors (Lipinski definition) is 5. The molecule has 0 bridgehead atoms. The molecule has 2 aromatic rings. The summed E-state index contributed by atoms with van der Waals surface area (Å²) in [6.07, 6.45) is 1.49. The maximum atomic E-state index is 5.06. The third kappa shape index (κ3) is 2.21. The largest absolute Gasteiger partial charge is 0.361 e. The minimum atomic E-state index is 0.657. The van der Waals surface area contributed by atoms with Gasteiger partial charge >= 0.3 is 0 Å². The fraction of sp³-hybridized carbons (Fsp3) is 0.444. The van der Waals surface area contributed by atoms with Crippen LogP contribution in [0.1, 0.15) is 22.8 Å². The monoisotopic (exact) mass is 207 g/mol. The van der Waals surface area contributed by atoms with Gasteiger partial charge in [-0.15, -0.1) is 0 Å². The molecule has 0 spiro atoms. The number of H-pyrrole nitrogens is 1. The first-order chi connectivity index (χ1) is 7.27. The molecule has 0 radical (unpaired) electrons. The highest BCUT2D eigenvalue weighted by atomic mass is 16.5. The molecule has 2 N–H and O–H groups in total. The SMILES string of the molecule is Cc1noc(C)c1CNCc1ncn[nH]1. The predicted octanol–water partition coefficient (Wildman–Crippen LogP) is 0.699. The van der Waals surface area contributed by atoms with Crippen LogP contribution in [0.15, 0.2) is 10.9 Å². The molecule has 2 aromatic heterocycles. The van der Waals surface area contributed by atoms with E-state index in [2.05, 4.69) is 25.7 Å². The van der Waals surface area contributed by atoms with Gasteiger partial charge in [0.1, 0.15) is 17.9 Å². The van der Waals surface area contributed by atoms with E-state index in [9.17, 15) is 0 Å². The van der Waals surface area contributed by atoms with E-state index in [0.717, 1.165) is 29.4 Å². The van der Waals surface area contributed by atoms with Gasteiger partial charge in [0.05, 0.1) is 12.2 Å². The van der Waals surface area contributed by atoms with Crippen molar-refractivity contribution in [1.82, 2.24) is 25.7 Å². The van der Waals surface area contributed by atoms with Crippen molar-refractivity contribution in [2.45, 2.75) is 26.9 Å². The van der Waals surface area contributed by atoms with Crippen molar-refractivity contribution in [1.29, 1.82) is 0 Å². The summed E-state index contributed by atoms with van der Waals surface area (Å²) >= 11 is 0. The van der Waals surface area contributed by atoms with Crippen LogP contribution in [0.4, 0.5) is 0 Å². The van der Waals surface area contributed by atoms with Gasteiger partial charge in [0, 0.05) is 12.1 Å². The number of nitrogens with one attached hydrogen (secondary N) is 2. The van der Waals surface area contributed by atoms with Gasteiger partial charge in [-0.05, 0) is 13.8 Å². The van der Waals surface area contributed by atoms with E-state index in [1.54, 1.807) is 0 Å². The van der Waals surface area contributed by atoms with Crippen LogP contribution in [-0.2, 0) is 13.1 Å². The number of aryl methyl sites for hydroxylation is 2. The lowest BCUT2D eigenvalue weighted by Crippen LogP contribution is -2.14. The number of nitrogens with zero attached hydrogens (tertiary/aromatic N) is 3. The summed E-state index contributed by atoms with van der Waals surface area (Å²) < 4.78 is 5.06. The van der Waals surface area contributed by atoms with E-state index in [0.29, 0.717) is 6.54 Å². The van der Waals surface area contributed by atoms with Crippen LogP contribution < -0.4 is 5.32 Å². The average Bonchev–Trinajstić information content (AvgIpc) is 2.82. The van der Waals surface area contributed by atoms with Crippen LogP contribution in [0.5, 0.6) is 0 Å². The molecule has 15 heavy (non-hydrogen) atoms. The molecule has 0 atom stereocenters. The van der Waals surface area contributed by atoms with Crippen molar-refractivity contribution in [3.8, 4) is 0 Å². The lowest BCUT2D eigenvalue weighted by Gasteiger charge is -2.01. The molecule has 0 saturated carbocycles. The number of rotatable bonds is 4. The first-order valence-corrected chi connectivity index (χ1v) is 4.74. The van der Waals surface area contributed by atoms with Crippen LogP contribution in [0.25, 0.3) is 0 Å². The van der Waals surface area contributed by atoms with Gasteiger partial charge < -0.3 is 9.84 Å². The summed E-state index contributed by atoms with van der Waals surface area (Å²) in [6, 6.07) is 0. The van der Waals surface area contributed by atoms with Crippen LogP contribution in [0.3, 0.4) is 0 Å². The molecule has 0 amide bonds. The Bertz CT molecular complexity index is 400. The Morgan fingerprint density at radius 1 is 1.40 bits per heavy atom. The quantitative estimate of drug-likeness (QED) is 0.771. The number of aromatic amines is 1. The Labute approximate surface area is 87.1 Å². The fourth-order valence-corrected chi connectivity index (χ4v) is 1.38. The van der Waals surface area contributed by atoms with E-state index in [1.165, 1.54) is 6.33 Å². The maximum Gasteiger partial charge on any atom is 0.138 e. The topological polar surface area (TPSA) is 79.6 Å². The predicted molar refractivity (Wildman–Crippen MR) is 52.9 cm³/mol. The summed E-state index contributed by atoms with van der Waals surface area (Å²) in [5.41, 5.74) is 2.03. The van der Waals surface area contributed by atoms with E-state index >= 15 is 0 Å². The van der Waals surface area contributed by atoms with Gasteiger partial charge in [0.2, 0.25) is 0 Å². The van der Waals surface area contributed by atoms with Crippen molar-refractivity contribution in [3.63, 3.8) is 0 Å². The van der Waals surface area contributed by atoms with Gasteiger partial charge in [0.15, 0.2) is 0 Å². The normalized spacial score (nSPS) is 10.8. The third-order valence-corrected chi connectivity index (χ3v) is 2.24. The zero-order valence-corrected chi connectivity index (χ0v) is 8.74. The second-order valence-electron chi connectivity index (χ2n) is 3.34. The Morgan fingerprint density at radius 2 is 2.27 bits per heavy atom. The fourth-order valence-electron chi connectivity index (χ4n) is 1.38. The van der Waals surface area contributed by atoms with Crippen LogP contribution >= 0.6 is 0 Å². The molecule has 0 aliphatic rings. The molecule has 0 aliphatic heterocycles. The van der Waals surface area contributed by atoms with Gasteiger partial charge in [-0.3, -0.25) is 5.10 Å². The third-order valence-electron chi connectivity index (χ3n) is 2.24. The second kappa shape index (κ2) is 4.22. The molecule has 0 unspecified atom stereocenters. The molecule has 2 heterocycles. The molecular weight excluding hydrogens is 194 g/mol. The minimum Gasteiger partial charge on any atom is -0.361 e. The van der Waals surface area contributed by atoms with E-state index in [-0.39, 0.29) is 0 Å². The molecular formula is C9H13N5O. The van der Waals surface area contributed by atoms with Crippen LogP contribution in [0, 0.1) is 13.8 Å². The van der Waals surface area contributed by atoms with Crippen molar-refractivity contribution < 1.29 is 4.52 Å². The molecule has 6 heteroatoms. The summed E-state index contributed by atoms with van der Waals surface area (Å²) in [7, 11) is 0. The zero-order valence-electron chi connectivity index (χ0n) is 8.74. The lowest BCUT2D eigenvalue weighted by molar-refractivity contribution is 0.392. The summed E-state index contributed by atoms with van der Waals surface area (Å²) in [6.45, 7) is 5.22. The highest BCUT2D eigenvalue weighted by molar-refractivity contribution is 5.20. The highest BCUT2D eigenvalue weighted by Gasteiger charge is 2.07. The standard InChI is InChI=1S/C9H13N5O/c1-6-8(7(2)15-14-6)3-10-4-9-11-5-12-13-9/h5,10H,3-4H2,1-2H3,(H,11,12,13). The van der Waals surface area contributed by atoms with Crippen LogP contribution in [0.2, 0.25) is 0 Å². The molecule has 2 rings (SSSR count). The molecule has 6 nitrogen and oxygen atoms in total. The summed E-state index contributed by atoms with van der Waals surface area (Å²) in [5.74, 6) is 1.68. The van der Waals surface area contributed by atoms with E-state index in [4.69, 9.17) is 4.52 Å². The Balaban J connectivity index is 1.89. The zero-order chi connectivity index (χ0) is 10.7. The Hall–Kier alpha value is -1.69. The van der Waals surface area contributed by atoms with Crippen molar-refractivity contribution in [3.05, 3.63) is 29.2 Å². The molecule has 0 aromatic carbocycles. The van der Waals surface area contributed by atoms with E-state index < -0.39 is 0 Å². The van der Waals surface area contributed by atoms with Crippen molar-refractivity contribution in [2.24, 2.45) is 0 Å². The number of aromatic nitrogens is 4. The van der Waals surface area contributed by atoms with Crippen LogP contribution in [-0.4, -0.2) is 20.3 Å². The maximum absolute atomic E-state index is 5.06. The van der Waals surface area contributed by atoms with Gasteiger partial charge in [-0.1, -0.05) is 5.16 Å². The van der Waals surface area contributed by atoms with Gasteiger partial charge in [0.25, 0.3) is 0 Å². The minimum absolute atomic E-state index is 0.657. The van der Waals surface area contributed by atoms with Crippen molar-refractivity contribution in [2.75, 3.05) is 0 Å². The number of hydrogen-bond donors (Lipinski definition) is 2. The van der Waals surface area contributed by atoms with E-state index in [1.807, 2.05) is 13.8 Å². The highest BCUT2D eigenvalue weighted by Crippen LogP contribution is 2.11. The average molecular weight is 207 g/mol. The summed E-state index contributed by atoms with van der Waals surface area (Å²) in [4.78, 5) is 4.01. The summed E-state index contributed by atoms with van der Waals surface area (Å²) in [5, 5.41) is 13.7. The molecule has 80 valence electrons. The second-order valence-corrected chi connectivity index (χ2v) is 3.34. The smallest absolute Gasteiger partial charge is 0.138 e. The Kier molecular flexibility index (Phi) is 2.77. The molecule has 0 saturated heterocycles. The molecule has 0 fully saturated rings. The lowest BCUT2D eigenvalue weighted by atomic mass is 10.2. The first-order valence-electron chi connectivity index (χ1n) is 4.74. The molecule has 0 aliphatic carbocycles. The van der Waals surface area contributed by atoms with Crippen molar-refractivity contribution >= 4 is 0 Å². The first kappa shape index (κ1) is 9.85. The Morgan fingerprint density at radius 3 is 2.87 bits per heavy atom. The van der Waals surface area contributed by atoms with Gasteiger partial charge in [-0.2, -0.15) is 5.10 Å².